The maximum Gasteiger partial charge on any atom is 0.384 e. The van der Waals surface area contributed by atoms with Crippen LogP contribution in [0.25, 0.3) is 0 Å². The second kappa shape index (κ2) is 7.26. The normalized spacial score (nSPS) is 32.5. The minimum atomic E-state index is -8.35. The Morgan fingerprint density at radius 3 is 0.564 bits per heavy atom. The average Bonchev–Trinajstić information content (AvgIpc) is 2.74. The van der Waals surface area contributed by atoms with Crippen LogP contribution in [0.15, 0.2) is 0 Å². The summed E-state index contributed by atoms with van der Waals surface area (Å²) in [6.07, 6.45) is 0. The number of hydrogen-bond acceptors (Lipinski definition) is 3. The van der Waals surface area contributed by atoms with Crippen molar-refractivity contribution in [3.05, 3.63) is 0 Å². The summed E-state index contributed by atoms with van der Waals surface area (Å²) < 4.78 is 299. The van der Waals surface area contributed by atoms with E-state index in [1.165, 1.54) is 0 Å². The molecule has 0 bridgehead atoms. The van der Waals surface area contributed by atoms with Crippen LogP contribution in [-0.2, 0) is 14.3 Å². The Morgan fingerprint density at radius 1 is 0.282 bits per heavy atom. The molecular formula is C14F22O3. The summed E-state index contributed by atoms with van der Waals surface area (Å²) in [5.41, 5.74) is -16.5. The Hall–Kier alpha value is -2.40. The monoisotopic (exact) mass is 634 g/mol. The summed E-state index contributed by atoms with van der Waals surface area (Å²) in [5.74, 6) is -93.3. The number of carbonyl (C=O) groups is 2. The minimum absolute atomic E-state index is 1.82. The van der Waals surface area contributed by atoms with Gasteiger partial charge in [0, 0.05) is 0 Å². The third kappa shape index (κ3) is 2.72. The first-order valence-electron chi connectivity index (χ1n) is 8.47. The van der Waals surface area contributed by atoms with Gasteiger partial charge in [0.25, 0.3) is 0 Å². The quantitative estimate of drug-likeness (QED) is 0.218. The van der Waals surface area contributed by atoms with Crippen LogP contribution in [0, 0.1) is 0 Å². The molecule has 2 fully saturated rings. The van der Waals surface area contributed by atoms with E-state index >= 15 is 0 Å². The van der Waals surface area contributed by atoms with Crippen LogP contribution in [0.5, 0.6) is 0 Å². The molecule has 2 saturated carbocycles. The Labute approximate surface area is 195 Å². The van der Waals surface area contributed by atoms with Crippen molar-refractivity contribution in [3.63, 3.8) is 0 Å². The van der Waals surface area contributed by atoms with E-state index in [1.54, 1.807) is 0 Å². The van der Waals surface area contributed by atoms with Crippen LogP contribution in [0.1, 0.15) is 0 Å². The number of halogens is 22. The van der Waals surface area contributed by atoms with Crippen molar-refractivity contribution in [2.24, 2.45) is 0 Å². The van der Waals surface area contributed by atoms with Gasteiger partial charge in [-0.15, -0.1) is 0 Å². The number of ether oxygens (including phenoxy) is 1. The van der Waals surface area contributed by atoms with Gasteiger partial charge in [0.05, 0.1) is 0 Å². The first-order valence-corrected chi connectivity index (χ1v) is 8.47. The van der Waals surface area contributed by atoms with Gasteiger partial charge in [-0.25, -0.2) is 18.4 Å². The van der Waals surface area contributed by atoms with Gasteiger partial charge in [0.2, 0.25) is 0 Å². The number of alkyl halides is 22. The summed E-state index contributed by atoms with van der Waals surface area (Å²) >= 11 is 0. The summed E-state index contributed by atoms with van der Waals surface area (Å²) in [7, 11) is 0. The standard InChI is InChI=1S/C14F22O3/c15-3(5(17,18)9(25,26)13(33,34)10(27,28)6(3,19)20)1(37)39-2(38)4(16)7(21,22)11(29,30)14(35,36)12(31,32)8(4,23)24. The van der Waals surface area contributed by atoms with E-state index in [2.05, 4.69) is 0 Å². The Bertz CT molecular complexity index is 944. The van der Waals surface area contributed by atoms with Crippen molar-refractivity contribution in [1.82, 2.24) is 0 Å². The van der Waals surface area contributed by atoms with E-state index in [0.29, 0.717) is 0 Å². The van der Waals surface area contributed by atoms with Crippen LogP contribution in [0.3, 0.4) is 0 Å². The molecule has 0 spiro atoms. The van der Waals surface area contributed by atoms with Crippen molar-refractivity contribution >= 4 is 11.9 Å². The van der Waals surface area contributed by atoms with Gasteiger partial charge in [-0.3, -0.25) is 0 Å². The first kappa shape index (κ1) is 32.8. The maximum absolute atomic E-state index is 14.4. The van der Waals surface area contributed by atoms with Crippen LogP contribution < -0.4 is 0 Å². The molecule has 0 amide bonds. The lowest BCUT2D eigenvalue weighted by atomic mass is 9.71. The maximum atomic E-state index is 14.4. The molecular weight excluding hydrogens is 634 g/mol. The molecule has 0 aromatic carbocycles. The van der Waals surface area contributed by atoms with Gasteiger partial charge < -0.3 is 4.74 Å². The summed E-state index contributed by atoms with van der Waals surface area (Å²) in [5, 5.41) is 0. The molecule has 0 aliphatic heterocycles. The van der Waals surface area contributed by atoms with Crippen molar-refractivity contribution in [2.45, 2.75) is 70.6 Å². The molecule has 0 saturated heterocycles. The molecule has 39 heavy (non-hydrogen) atoms. The third-order valence-corrected chi connectivity index (χ3v) is 5.63. The van der Waals surface area contributed by atoms with Crippen LogP contribution >= 0.6 is 0 Å². The van der Waals surface area contributed by atoms with Gasteiger partial charge in [0.1, 0.15) is 0 Å². The zero-order valence-corrected chi connectivity index (χ0v) is 16.5. The van der Waals surface area contributed by atoms with Crippen LogP contribution in [-0.4, -0.2) is 82.5 Å². The van der Waals surface area contributed by atoms with E-state index in [4.69, 9.17) is 0 Å². The summed E-state index contributed by atoms with van der Waals surface area (Å²) in [6, 6.07) is 0. The molecule has 2 aliphatic rings. The van der Waals surface area contributed by atoms with Crippen molar-refractivity contribution in [3.8, 4) is 0 Å². The lowest BCUT2D eigenvalue weighted by Crippen LogP contribution is -2.87. The molecule has 0 heterocycles. The highest BCUT2D eigenvalue weighted by Gasteiger charge is 3.05. The lowest BCUT2D eigenvalue weighted by Gasteiger charge is -2.52. The molecule has 2 rings (SSSR count). The molecule has 2 aliphatic carbocycles. The van der Waals surface area contributed by atoms with Gasteiger partial charge in [-0.2, -0.15) is 87.8 Å². The van der Waals surface area contributed by atoms with Crippen molar-refractivity contribution in [1.29, 1.82) is 0 Å². The molecule has 3 nitrogen and oxygen atoms in total. The highest BCUT2D eigenvalue weighted by atomic mass is 19.4. The lowest BCUT2D eigenvalue weighted by molar-refractivity contribution is -0.480. The molecule has 0 N–H and O–H groups in total. The van der Waals surface area contributed by atoms with Crippen molar-refractivity contribution in [2.75, 3.05) is 0 Å². The number of rotatable bonds is 2. The molecule has 0 aromatic rings. The highest BCUT2D eigenvalue weighted by Crippen LogP contribution is 2.71. The zero-order chi connectivity index (χ0) is 31.9. The summed E-state index contributed by atoms with van der Waals surface area (Å²) in [6.45, 7) is 0. The van der Waals surface area contributed by atoms with E-state index in [1.807, 2.05) is 4.74 Å². The van der Waals surface area contributed by atoms with Crippen LogP contribution in [0.2, 0.25) is 0 Å². The smallest absolute Gasteiger partial charge is 0.384 e. The van der Waals surface area contributed by atoms with Gasteiger partial charge in [-0.1, -0.05) is 0 Å². The van der Waals surface area contributed by atoms with Crippen LogP contribution in [0.4, 0.5) is 96.6 Å². The molecule has 0 radical (unpaired) electrons. The second-order valence-corrected chi connectivity index (χ2v) is 7.74. The van der Waals surface area contributed by atoms with Gasteiger partial charge in [-0.05, 0) is 0 Å². The molecule has 0 atom stereocenters. The summed E-state index contributed by atoms with van der Waals surface area (Å²) in [4.78, 5) is 22.7. The Morgan fingerprint density at radius 2 is 0.410 bits per heavy atom. The molecule has 0 aromatic heterocycles. The molecule has 228 valence electrons. The van der Waals surface area contributed by atoms with E-state index in [9.17, 15) is 106 Å². The Kier molecular flexibility index (Phi) is 6.11. The number of esters is 2. The topological polar surface area (TPSA) is 43.4 Å². The fourth-order valence-electron chi connectivity index (χ4n) is 3.18. The van der Waals surface area contributed by atoms with E-state index in [0.717, 1.165) is 0 Å². The SMILES string of the molecule is O=C(OC(=O)C1(F)C(F)(F)C(F)(F)C(F)(F)C(F)(F)C1(F)F)C1(F)C(F)(F)C(F)(F)C(F)(F)C(F)(F)C1(F)F. The largest absolute Gasteiger partial charge is 0.388 e. The minimum Gasteiger partial charge on any atom is -0.388 e. The van der Waals surface area contributed by atoms with Gasteiger partial charge in [0.15, 0.2) is 0 Å². The van der Waals surface area contributed by atoms with E-state index in [-0.39, 0.29) is 0 Å². The fraction of sp³-hybridized carbons (Fsp3) is 0.857. The van der Waals surface area contributed by atoms with E-state index < -0.39 is 82.5 Å². The zero-order valence-electron chi connectivity index (χ0n) is 16.5. The molecule has 25 heteroatoms. The van der Waals surface area contributed by atoms with Crippen molar-refractivity contribution < 1.29 is 111 Å². The predicted molar refractivity (Wildman–Crippen MR) is 68.2 cm³/mol. The fourth-order valence-corrected chi connectivity index (χ4v) is 3.18. The predicted octanol–water partition coefficient (Wildman–Crippen LogP) is 5.85. The highest BCUT2D eigenvalue weighted by molar-refractivity contribution is 5.97. The average molecular weight is 634 g/mol. The third-order valence-electron chi connectivity index (χ3n) is 5.63. The van der Waals surface area contributed by atoms with Gasteiger partial charge >= 0.3 is 82.5 Å². The second-order valence-electron chi connectivity index (χ2n) is 7.74. The number of carbonyl (C=O) groups excluding carboxylic acids is 2. The Balaban J connectivity index is 2.82. The number of hydrogen-bond donors (Lipinski definition) is 0. The first-order chi connectivity index (χ1) is 16.5. The molecule has 0 unspecified atom stereocenters.